The second-order valence-corrected chi connectivity index (χ2v) is 14.1. The van der Waals surface area contributed by atoms with Crippen LogP contribution in [0.2, 0.25) is 0 Å². The topological polar surface area (TPSA) is 70.2 Å². The van der Waals surface area contributed by atoms with Crippen molar-refractivity contribution in [3.8, 4) is 11.1 Å². The van der Waals surface area contributed by atoms with E-state index < -0.39 is 24.8 Å². The third-order valence-corrected chi connectivity index (χ3v) is 10.3. The van der Waals surface area contributed by atoms with Gasteiger partial charge in [0.2, 0.25) is 0 Å². The molecule has 0 bridgehead atoms. The van der Waals surface area contributed by atoms with E-state index in [4.69, 9.17) is 4.78 Å². The maximum absolute atomic E-state index is 13.4. The Morgan fingerprint density at radius 2 is 1.49 bits per heavy atom. The molecule has 1 aliphatic rings. The molecular formula is C25H25F5N4OS2. The highest BCUT2D eigenvalue weighted by Crippen LogP contribution is 3.02. The number of halogens is 5. The number of fused-ring (bicyclic) bond motifs is 1. The number of nitrogens with one attached hydrogen (secondary N) is 2. The predicted molar refractivity (Wildman–Crippen MR) is 137 cm³/mol. The summed E-state index contributed by atoms with van der Waals surface area (Å²) in [6.07, 6.45) is 7.65. The molecule has 0 aliphatic heterocycles. The van der Waals surface area contributed by atoms with Crippen LogP contribution in [0.4, 0.5) is 25.1 Å². The quantitative estimate of drug-likeness (QED) is 0.234. The molecule has 0 radical (unpaired) electrons. The van der Waals surface area contributed by atoms with Gasteiger partial charge in [0.1, 0.15) is 10.5 Å². The minimum Gasteiger partial charge on any atom is -0.382 e. The van der Waals surface area contributed by atoms with Crippen molar-refractivity contribution >= 4 is 31.3 Å². The van der Waals surface area contributed by atoms with E-state index in [0.717, 1.165) is 28.9 Å². The van der Waals surface area contributed by atoms with Crippen LogP contribution in [0.25, 0.3) is 16.8 Å². The molecule has 2 N–H and O–H groups in total. The second kappa shape index (κ2) is 8.19. The fourth-order valence-electron chi connectivity index (χ4n) is 4.72. The van der Waals surface area contributed by atoms with Crippen LogP contribution in [-0.2, 0) is 9.73 Å². The van der Waals surface area contributed by atoms with Gasteiger partial charge in [-0.15, -0.1) is 0 Å². The Kier molecular flexibility index (Phi) is 5.65. The Balaban J connectivity index is 1.22. The third-order valence-electron chi connectivity index (χ3n) is 6.74. The Morgan fingerprint density at radius 1 is 0.865 bits per heavy atom. The molecule has 1 fully saturated rings. The summed E-state index contributed by atoms with van der Waals surface area (Å²) in [6, 6.07) is 13.7. The van der Waals surface area contributed by atoms with Gasteiger partial charge < -0.3 is 9.72 Å². The summed E-state index contributed by atoms with van der Waals surface area (Å²) in [6.45, 7) is 0. The minimum atomic E-state index is -9.70. The van der Waals surface area contributed by atoms with Gasteiger partial charge in [0, 0.05) is 40.5 Å². The van der Waals surface area contributed by atoms with E-state index in [-0.39, 0.29) is 11.3 Å². The average Bonchev–Trinajstić information content (AvgIpc) is 3.31. The summed E-state index contributed by atoms with van der Waals surface area (Å²) < 4.78 is 88.6. The van der Waals surface area contributed by atoms with Gasteiger partial charge in [-0.3, -0.25) is 0 Å². The molecule has 5 rings (SSSR count). The van der Waals surface area contributed by atoms with Crippen LogP contribution >= 0.6 is 10.2 Å². The van der Waals surface area contributed by atoms with E-state index in [1.807, 2.05) is 41.1 Å². The Bertz CT molecular complexity index is 1540. The Morgan fingerprint density at radius 3 is 2.11 bits per heavy atom. The molecule has 5 nitrogen and oxygen atoms in total. The van der Waals surface area contributed by atoms with Crippen LogP contribution in [0.1, 0.15) is 25.7 Å². The number of benzene rings is 2. The fraction of sp³-hybridized carbons (Fsp3) is 0.240. The first-order valence-corrected chi connectivity index (χ1v) is 15.2. The molecule has 2 aromatic carbocycles. The van der Waals surface area contributed by atoms with Gasteiger partial charge in [0.15, 0.2) is 0 Å². The monoisotopic (exact) mass is 556 g/mol. The van der Waals surface area contributed by atoms with Crippen LogP contribution in [-0.4, -0.2) is 24.9 Å². The van der Waals surface area contributed by atoms with Crippen LogP contribution in [0, 0.1) is 4.78 Å². The summed E-state index contributed by atoms with van der Waals surface area (Å²) in [5.41, 5.74) is 3.04. The zero-order chi connectivity index (χ0) is 26.5. The average molecular weight is 557 g/mol. The summed E-state index contributed by atoms with van der Waals surface area (Å²) in [4.78, 5) is 2.77. The number of anilines is 1. The smallest absolute Gasteiger partial charge is 0.310 e. The largest absolute Gasteiger partial charge is 0.382 e. The van der Waals surface area contributed by atoms with Gasteiger partial charge in [-0.25, -0.2) is 14.0 Å². The number of pyridine rings is 1. The molecule has 1 saturated carbocycles. The van der Waals surface area contributed by atoms with Crippen molar-refractivity contribution in [2.24, 2.45) is 0 Å². The van der Waals surface area contributed by atoms with E-state index in [1.165, 1.54) is 0 Å². The van der Waals surface area contributed by atoms with E-state index >= 15 is 0 Å². The first-order chi connectivity index (χ1) is 17.2. The minimum absolute atomic E-state index is 0.113. The summed E-state index contributed by atoms with van der Waals surface area (Å²) in [5.74, 6) is 0. The molecule has 198 valence electrons. The van der Waals surface area contributed by atoms with E-state index in [9.17, 15) is 23.6 Å². The first-order valence-electron chi connectivity index (χ1n) is 11.6. The van der Waals surface area contributed by atoms with Gasteiger partial charge in [0.25, 0.3) is 0 Å². The van der Waals surface area contributed by atoms with Gasteiger partial charge in [0.05, 0.1) is 9.73 Å². The molecule has 4 aromatic rings. The van der Waals surface area contributed by atoms with Crippen molar-refractivity contribution in [3.63, 3.8) is 0 Å². The van der Waals surface area contributed by atoms with Crippen molar-refractivity contribution in [1.82, 2.24) is 9.38 Å². The lowest BCUT2D eigenvalue weighted by Crippen LogP contribution is -2.32. The van der Waals surface area contributed by atoms with Crippen molar-refractivity contribution in [2.45, 2.75) is 46.8 Å². The standard InChI is InChI=1S/C25H25F5N4OS2/c26-37(27,28,29,30)24-12-6-21(7-13-24)33-20-4-10-23(11-5-20)36(31,35)22-8-1-18(2-9-22)19-3-14-25-32-15-16-34(25)17-19/h1-3,6-9,12-17,20,23,31,33H,4-5,10-11H2. The second-order valence-electron chi connectivity index (χ2n) is 9.35. The van der Waals surface area contributed by atoms with Gasteiger partial charge in [-0.1, -0.05) is 31.6 Å². The van der Waals surface area contributed by atoms with Crippen LogP contribution in [0.5, 0.6) is 0 Å². The molecule has 0 saturated heterocycles. The van der Waals surface area contributed by atoms with Gasteiger partial charge in [-0.2, -0.15) is 0 Å². The predicted octanol–water partition coefficient (Wildman–Crippen LogP) is 8.49. The molecule has 0 amide bonds. The normalized spacial score (nSPS) is 22.1. The van der Waals surface area contributed by atoms with Crippen molar-refractivity contribution in [3.05, 3.63) is 79.3 Å². The molecule has 37 heavy (non-hydrogen) atoms. The van der Waals surface area contributed by atoms with Crippen LogP contribution in [0.15, 0.2) is 89.0 Å². The van der Waals surface area contributed by atoms with Gasteiger partial charge >= 0.3 is 10.2 Å². The maximum Gasteiger partial charge on any atom is 0.310 e. The van der Waals surface area contributed by atoms with E-state index in [2.05, 4.69) is 10.3 Å². The first kappa shape index (κ1) is 25.5. The molecule has 2 aromatic heterocycles. The SMILES string of the molecule is N=S(=O)(c1ccc(-c2ccc3nccn3c2)cc1)C1CCC(Nc2ccc(S(F)(F)(F)(F)F)cc2)CC1. The highest BCUT2D eigenvalue weighted by atomic mass is 32.5. The highest BCUT2D eigenvalue weighted by molar-refractivity contribution is 8.45. The van der Waals surface area contributed by atoms with Gasteiger partial charge in [-0.05, 0) is 85.3 Å². The zero-order valence-electron chi connectivity index (χ0n) is 19.5. The molecule has 12 heteroatoms. The highest BCUT2D eigenvalue weighted by Gasteiger charge is 2.65. The van der Waals surface area contributed by atoms with Crippen LogP contribution < -0.4 is 5.32 Å². The summed E-state index contributed by atoms with van der Waals surface area (Å²) in [7, 11) is -12.8. The van der Waals surface area contributed by atoms with Crippen LogP contribution in [0.3, 0.4) is 0 Å². The lowest BCUT2D eigenvalue weighted by molar-refractivity contribution is 0.364. The molecular weight excluding hydrogens is 531 g/mol. The van der Waals surface area contributed by atoms with Crippen molar-refractivity contribution in [1.29, 1.82) is 4.78 Å². The fourth-order valence-corrected chi connectivity index (χ4v) is 7.23. The zero-order valence-corrected chi connectivity index (χ0v) is 21.1. The van der Waals surface area contributed by atoms with Crippen molar-refractivity contribution in [2.75, 3.05) is 5.32 Å². The molecule has 0 spiro atoms. The summed E-state index contributed by atoms with van der Waals surface area (Å²) >= 11 is 0. The Hall–Kier alpha value is -3.12. The van der Waals surface area contributed by atoms with E-state index in [0.29, 0.717) is 48.4 Å². The summed E-state index contributed by atoms with van der Waals surface area (Å²) in [5, 5.41) is 2.72. The molecule has 1 atom stereocenters. The maximum atomic E-state index is 13.4. The lowest BCUT2D eigenvalue weighted by Gasteiger charge is -2.40. The molecule has 1 aliphatic carbocycles. The number of nitrogens with zero attached hydrogens (tertiary/aromatic N) is 2. The number of imidazole rings is 1. The molecule has 2 heterocycles. The lowest BCUT2D eigenvalue weighted by atomic mass is 9.95. The van der Waals surface area contributed by atoms with Crippen molar-refractivity contribution < 1.29 is 23.6 Å². The number of rotatable bonds is 6. The van der Waals surface area contributed by atoms with E-state index in [1.54, 1.807) is 18.3 Å². The Labute approximate surface area is 211 Å². The third kappa shape index (κ3) is 5.45. The number of aromatic nitrogens is 2. The number of hydrogen-bond donors (Lipinski definition) is 2. The molecule has 1 unspecified atom stereocenters. The number of hydrogen-bond acceptors (Lipinski definition) is 4.